The average molecular weight is 298 g/mol. The fourth-order valence-corrected chi connectivity index (χ4v) is 3.39. The average Bonchev–Trinajstić information content (AvgIpc) is 2.40. The lowest BCUT2D eigenvalue weighted by Crippen LogP contribution is -2.47. The second kappa shape index (κ2) is 9.15. The van der Waals surface area contributed by atoms with E-state index in [1.807, 2.05) is 0 Å². The van der Waals surface area contributed by atoms with Gasteiger partial charge in [-0.25, -0.2) is 0 Å². The third-order valence-corrected chi connectivity index (χ3v) is 4.93. The van der Waals surface area contributed by atoms with E-state index in [0.717, 1.165) is 25.0 Å². The van der Waals surface area contributed by atoms with Crippen molar-refractivity contribution in [2.24, 2.45) is 17.3 Å². The Morgan fingerprint density at radius 2 is 1.90 bits per heavy atom. The van der Waals surface area contributed by atoms with Crippen LogP contribution in [0.1, 0.15) is 80.1 Å². The van der Waals surface area contributed by atoms with E-state index in [0.29, 0.717) is 17.6 Å². The second-order valence-electron chi connectivity index (χ2n) is 8.38. The normalized spacial score (nSPS) is 27.3. The van der Waals surface area contributed by atoms with Crippen LogP contribution < -0.4 is 5.32 Å². The first-order valence-corrected chi connectivity index (χ1v) is 9.19. The van der Waals surface area contributed by atoms with Crippen LogP contribution in [-0.4, -0.2) is 25.3 Å². The Morgan fingerprint density at radius 1 is 1.19 bits per heavy atom. The molecule has 2 nitrogen and oxygen atoms in total. The van der Waals surface area contributed by atoms with Crippen molar-refractivity contribution in [3.05, 3.63) is 0 Å². The monoisotopic (exact) mass is 297 g/mol. The molecule has 126 valence electrons. The molecule has 1 aliphatic rings. The molecule has 0 aromatic heterocycles. The molecule has 0 radical (unpaired) electrons. The van der Waals surface area contributed by atoms with E-state index in [-0.39, 0.29) is 0 Å². The van der Waals surface area contributed by atoms with E-state index in [1.165, 1.54) is 38.5 Å². The summed E-state index contributed by atoms with van der Waals surface area (Å²) in [6.07, 6.45) is 7.96. The highest BCUT2D eigenvalue weighted by atomic mass is 16.5. The van der Waals surface area contributed by atoms with Crippen LogP contribution in [0.4, 0.5) is 0 Å². The molecule has 1 fully saturated rings. The van der Waals surface area contributed by atoms with E-state index in [2.05, 4.69) is 46.9 Å². The van der Waals surface area contributed by atoms with Gasteiger partial charge in [0.2, 0.25) is 0 Å². The van der Waals surface area contributed by atoms with E-state index >= 15 is 0 Å². The zero-order chi connectivity index (χ0) is 15.9. The Balaban J connectivity index is 2.48. The molecule has 21 heavy (non-hydrogen) atoms. The van der Waals surface area contributed by atoms with Gasteiger partial charge in [0, 0.05) is 12.6 Å². The molecule has 3 atom stereocenters. The minimum Gasteiger partial charge on any atom is -0.377 e. The molecule has 0 spiro atoms. The molecule has 1 saturated carbocycles. The van der Waals surface area contributed by atoms with Crippen LogP contribution in [0, 0.1) is 17.3 Å². The van der Waals surface area contributed by atoms with Crippen LogP contribution in [-0.2, 0) is 4.74 Å². The standard InChI is InChI=1S/C19H39NO/c1-7-12-20-17-11-10-16(19(4,5)6)14-18(17)21-13-8-9-15(2)3/h15-18,20H,7-14H2,1-6H3. The van der Waals surface area contributed by atoms with Gasteiger partial charge in [-0.15, -0.1) is 0 Å². The van der Waals surface area contributed by atoms with Crippen molar-refractivity contribution in [1.29, 1.82) is 0 Å². The minimum absolute atomic E-state index is 0.412. The van der Waals surface area contributed by atoms with Gasteiger partial charge in [-0.05, 0) is 62.3 Å². The molecule has 0 heterocycles. The summed E-state index contributed by atoms with van der Waals surface area (Å²) >= 11 is 0. The molecule has 1 N–H and O–H groups in total. The van der Waals surface area contributed by atoms with Gasteiger partial charge in [0.1, 0.15) is 0 Å². The molecule has 1 rings (SSSR count). The SMILES string of the molecule is CCCNC1CCC(C(C)(C)C)CC1OCCCC(C)C. The summed E-state index contributed by atoms with van der Waals surface area (Å²) < 4.78 is 6.31. The predicted octanol–water partition coefficient (Wildman–Crippen LogP) is 5.02. The summed E-state index contributed by atoms with van der Waals surface area (Å²) in [5.74, 6) is 1.59. The molecule has 2 heteroatoms. The van der Waals surface area contributed by atoms with Crippen molar-refractivity contribution in [3.63, 3.8) is 0 Å². The Labute approximate surface area is 133 Å². The van der Waals surface area contributed by atoms with Gasteiger partial charge in [0.05, 0.1) is 6.10 Å². The molecule has 0 saturated heterocycles. The first-order valence-electron chi connectivity index (χ1n) is 9.19. The highest BCUT2D eigenvalue weighted by Crippen LogP contribution is 2.39. The van der Waals surface area contributed by atoms with Crippen LogP contribution >= 0.6 is 0 Å². The summed E-state index contributed by atoms with van der Waals surface area (Å²) in [6, 6.07) is 0.572. The number of ether oxygens (including phenoxy) is 1. The van der Waals surface area contributed by atoms with E-state index in [4.69, 9.17) is 4.74 Å². The van der Waals surface area contributed by atoms with Gasteiger partial charge in [0.15, 0.2) is 0 Å². The molecular weight excluding hydrogens is 258 g/mol. The van der Waals surface area contributed by atoms with E-state index < -0.39 is 0 Å². The van der Waals surface area contributed by atoms with Gasteiger partial charge in [-0.1, -0.05) is 41.5 Å². The number of rotatable bonds is 8. The maximum Gasteiger partial charge on any atom is 0.0730 e. The molecule has 3 unspecified atom stereocenters. The lowest BCUT2D eigenvalue weighted by molar-refractivity contribution is -0.0294. The Bertz CT molecular complexity index is 269. The number of hydrogen-bond donors (Lipinski definition) is 1. The molecule has 0 aromatic carbocycles. The largest absolute Gasteiger partial charge is 0.377 e. The van der Waals surface area contributed by atoms with Gasteiger partial charge in [0.25, 0.3) is 0 Å². The van der Waals surface area contributed by atoms with Gasteiger partial charge >= 0.3 is 0 Å². The van der Waals surface area contributed by atoms with Crippen LogP contribution in [0.25, 0.3) is 0 Å². The maximum atomic E-state index is 6.31. The zero-order valence-electron chi connectivity index (χ0n) is 15.4. The summed E-state index contributed by atoms with van der Waals surface area (Å²) in [4.78, 5) is 0. The zero-order valence-corrected chi connectivity index (χ0v) is 15.4. The lowest BCUT2D eigenvalue weighted by atomic mass is 9.70. The van der Waals surface area contributed by atoms with Crippen molar-refractivity contribution < 1.29 is 4.74 Å². The number of nitrogens with one attached hydrogen (secondary N) is 1. The molecule has 0 aliphatic heterocycles. The van der Waals surface area contributed by atoms with Crippen LogP contribution in [0.3, 0.4) is 0 Å². The smallest absolute Gasteiger partial charge is 0.0730 e. The fraction of sp³-hybridized carbons (Fsp3) is 1.00. The Hall–Kier alpha value is -0.0800. The van der Waals surface area contributed by atoms with Crippen molar-refractivity contribution in [2.45, 2.75) is 92.2 Å². The molecular formula is C19H39NO. The summed E-state index contributed by atoms with van der Waals surface area (Å²) in [7, 11) is 0. The van der Waals surface area contributed by atoms with Gasteiger partial charge < -0.3 is 10.1 Å². The first-order chi connectivity index (χ1) is 9.84. The van der Waals surface area contributed by atoms with Gasteiger partial charge in [-0.2, -0.15) is 0 Å². The third kappa shape index (κ3) is 7.15. The van der Waals surface area contributed by atoms with Crippen LogP contribution in [0.15, 0.2) is 0 Å². The fourth-order valence-electron chi connectivity index (χ4n) is 3.39. The van der Waals surface area contributed by atoms with E-state index in [9.17, 15) is 0 Å². The number of hydrogen-bond acceptors (Lipinski definition) is 2. The van der Waals surface area contributed by atoms with E-state index in [1.54, 1.807) is 0 Å². The highest BCUT2D eigenvalue weighted by Gasteiger charge is 2.36. The van der Waals surface area contributed by atoms with Crippen molar-refractivity contribution in [1.82, 2.24) is 5.32 Å². The quantitative estimate of drug-likeness (QED) is 0.635. The van der Waals surface area contributed by atoms with Gasteiger partial charge in [-0.3, -0.25) is 0 Å². The van der Waals surface area contributed by atoms with Crippen molar-refractivity contribution in [3.8, 4) is 0 Å². The van der Waals surface area contributed by atoms with Crippen LogP contribution in [0.2, 0.25) is 0 Å². The van der Waals surface area contributed by atoms with Crippen molar-refractivity contribution >= 4 is 0 Å². The second-order valence-corrected chi connectivity index (χ2v) is 8.38. The molecule has 0 amide bonds. The predicted molar refractivity (Wildman–Crippen MR) is 92.7 cm³/mol. The lowest BCUT2D eigenvalue weighted by Gasteiger charge is -2.42. The van der Waals surface area contributed by atoms with Crippen LogP contribution in [0.5, 0.6) is 0 Å². The highest BCUT2D eigenvalue weighted by molar-refractivity contribution is 4.89. The maximum absolute atomic E-state index is 6.31. The minimum atomic E-state index is 0.412. The topological polar surface area (TPSA) is 21.3 Å². The summed E-state index contributed by atoms with van der Waals surface area (Å²) in [5, 5.41) is 3.72. The molecule has 1 aliphatic carbocycles. The molecule has 0 aromatic rings. The summed E-state index contributed by atoms with van der Waals surface area (Å²) in [6.45, 7) is 16.0. The van der Waals surface area contributed by atoms with Crippen molar-refractivity contribution in [2.75, 3.05) is 13.2 Å². The molecule has 0 bridgehead atoms. The first kappa shape index (κ1) is 19.0. The Kier molecular flexibility index (Phi) is 8.26. The third-order valence-electron chi connectivity index (χ3n) is 4.93. The summed E-state index contributed by atoms with van der Waals surface area (Å²) in [5.41, 5.74) is 0.412. The Morgan fingerprint density at radius 3 is 2.48 bits per heavy atom.